The molecule has 2 fully saturated rings. The van der Waals surface area contributed by atoms with Crippen molar-refractivity contribution >= 4 is 21.8 Å². The molecule has 3 nitrogen and oxygen atoms in total. The number of halogens is 2. The monoisotopic (exact) mass is 340 g/mol. The zero-order valence-corrected chi connectivity index (χ0v) is 12.8. The fraction of sp³-hybridized carbons (Fsp3) is 0.533. The molecule has 1 aliphatic heterocycles. The number of benzene rings is 1. The predicted octanol–water partition coefficient (Wildman–Crippen LogP) is 2.79. The minimum absolute atomic E-state index is 0.155. The molecule has 5 heteroatoms. The Morgan fingerprint density at radius 1 is 1.30 bits per heavy atom. The van der Waals surface area contributed by atoms with Crippen LogP contribution in [0, 0.1) is 17.7 Å². The molecule has 3 rings (SSSR count). The van der Waals surface area contributed by atoms with Gasteiger partial charge in [-0.3, -0.25) is 4.79 Å². The minimum Gasteiger partial charge on any atom is -0.338 e. The van der Waals surface area contributed by atoms with Gasteiger partial charge in [-0.15, -0.1) is 0 Å². The first kappa shape index (κ1) is 14.0. The Morgan fingerprint density at radius 3 is 2.85 bits per heavy atom. The van der Waals surface area contributed by atoms with E-state index in [0.29, 0.717) is 18.4 Å². The molecule has 0 bridgehead atoms. The molecule has 0 radical (unpaired) electrons. The lowest BCUT2D eigenvalue weighted by Gasteiger charge is -2.27. The highest BCUT2D eigenvalue weighted by atomic mass is 79.9. The zero-order valence-electron chi connectivity index (χ0n) is 11.2. The molecule has 3 atom stereocenters. The number of nitrogens with zero attached hydrogens (tertiary/aromatic N) is 1. The van der Waals surface area contributed by atoms with Crippen molar-refractivity contribution < 1.29 is 9.18 Å². The molecule has 2 aliphatic rings. The van der Waals surface area contributed by atoms with Gasteiger partial charge in [-0.05, 0) is 49.3 Å². The molecule has 1 amide bonds. The van der Waals surface area contributed by atoms with Crippen molar-refractivity contribution in [3.05, 3.63) is 34.1 Å². The van der Waals surface area contributed by atoms with E-state index in [-0.39, 0.29) is 17.5 Å². The molecule has 1 aliphatic carbocycles. The molecule has 1 saturated carbocycles. The van der Waals surface area contributed by atoms with E-state index in [1.54, 1.807) is 17.0 Å². The number of fused-ring (bicyclic) bond motifs is 1. The molecule has 108 valence electrons. The van der Waals surface area contributed by atoms with E-state index in [4.69, 9.17) is 5.73 Å². The summed E-state index contributed by atoms with van der Waals surface area (Å²) in [5.41, 5.74) is 6.15. The lowest BCUT2D eigenvalue weighted by Crippen LogP contribution is -2.32. The summed E-state index contributed by atoms with van der Waals surface area (Å²) in [6.07, 6.45) is 3.10. The van der Waals surface area contributed by atoms with Crippen molar-refractivity contribution in [1.29, 1.82) is 0 Å². The highest BCUT2D eigenvalue weighted by Crippen LogP contribution is 2.36. The Balaban J connectivity index is 1.77. The predicted molar refractivity (Wildman–Crippen MR) is 78.8 cm³/mol. The van der Waals surface area contributed by atoms with Gasteiger partial charge in [0.25, 0.3) is 5.91 Å². The molecule has 20 heavy (non-hydrogen) atoms. The van der Waals surface area contributed by atoms with Crippen LogP contribution in [-0.4, -0.2) is 29.9 Å². The normalized spacial score (nSPS) is 29.4. The molecular formula is C15H18BrFN2O. The van der Waals surface area contributed by atoms with Crippen LogP contribution in [0.2, 0.25) is 0 Å². The number of carbonyl (C=O) groups is 1. The SMILES string of the molecule is NC1CC[C@@H]2CN(C(=O)c3cc(Br)ccc3F)C[C@@H]2C1. The van der Waals surface area contributed by atoms with E-state index in [0.717, 1.165) is 30.3 Å². The summed E-state index contributed by atoms with van der Waals surface area (Å²) < 4.78 is 14.5. The third-order valence-electron chi connectivity index (χ3n) is 4.54. The second-order valence-corrected chi connectivity index (χ2v) is 6.84. The van der Waals surface area contributed by atoms with E-state index in [2.05, 4.69) is 15.9 Å². The van der Waals surface area contributed by atoms with E-state index in [1.165, 1.54) is 6.07 Å². The highest BCUT2D eigenvalue weighted by molar-refractivity contribution is 9.10. The van der Waals surface area contributed by atoms with Crippen LogP contribution < -0.4 is 5.73 Å². The van der Waals surface area contributed by atoms with Crippen LogP contribution in [0.1, 0.15) is 29.6 Å². The largest absolute Gasteiger partial charge is 0.338 e. The van der Waals surface area contributed by atoms with E-state index < -0.39 is 5.82 Å². The molecule has 0 aromatic heterocycles. The van der Waals surface area contributed by atoms with Gasteiger partial charge in [0.1, 0.15) is 5.82 Å². The van der Waals surface area contributed by atoms with Crippen LogP contribution in [0.4, 0.5) is 4.39 Å². The quantitative estimate of drug-likeness (QED) is 0.854. The van der Waals surface area contributed by atoms with Crippen molar-refractivity contribution in [2.24, 2.45) is 17.6 Å². The first-order valence-corrected chi connectivity index (χ1v) is 7.84. The Kier molecular flexibility index (Phi) is 3.82. The number of rotatable bonds is 1. The van der Waals surface area contributed by atoms with E-state index in [1.807, 2.05) is 0 Å². The van der Waals surface area contributed by atoms with E-state index in [9.17, 15) is 9.18 Å². The van der Waals surface area contributed by atoms with Crippen molar-refractivity contribution in [3.8, 4) is 0 Å². The van der Waals surface area contributed by atoms with Crippen LogP contribution in [0.15, 0.2) is 22.7 Å². The van der Waals surface area contributed by atoms with Crippen LogP contribution in [0.25, 0.3) is 0 Å². The summed E-state index contributed by atoms with van der Waals surface area (Å²) in [4.78, 5) is 14.3. The van der Waals surface area contributed by atoms with Gasteiger partial charge in [0.2, 0.25) is 0 Å². The Bertz CT molecular complexity index is 537. The third-order valence-corrected chi connectivity index (χ3v) is 5.03. The standard InChI is InChI=1S/C15H18BrFN2O/c16-11-2-4-14(17)13(6-11)15(20)19-7-9-1-3-12(18)5-10(9)8-19/h2,4,6,9-10,12H,1,3,5,7-8,18H2/t9-,10+,12?/m1/s1. The van der Waals surface area contributed by atoms with Crippen LogP contribution in [0.3, 0.4) is 0 Å². The van der Waals surface area contributed by atoms with Gasteiger partial charge in [0.05, 0.1) is 5.56 Å². The topological polar surface area (TPSA) is 46.3 Å². The molecule has 1 heterocycles. The van der Waals surface area contributed by atoms with Gasteiger partial charge in [-0.1, -0.05) is 15.9 Å². The number of nitrogens with two attached hydrogens (primary N) is 1. The van der Waals surface area contributed by atoms with Crippen molar-refractivity contribution in [1.82, 2.24) is 4.90 Å². The highest BCUT2D eigenvalue weighted by Gasteiger charge is 2.39. The number of hydrogen-bond acceptors (Lipinski definition) is 2. The Morgan fingerprint density at radius 2 is 2.05 bits per heavy atom. The smallest absolute Gasteiger partial charge is 0.256 e. The molecule has 1 aromatic carbocycles. The van der Waals surface area contributed by atoms with E-state index >= 15 is 0 Å². The van der Waals surface area contributed by atoms with Crippen molar-refractivity contribution in [3.63, 3.8) is 0 Å². The summed E-state index contributed by atoms with van der Waals surface area (Å²) >= 11 is 3.29. The fourth-order valence-corrected chi connectivity index (χ4v) is 3.83. The molecule has 0 spiro atoms. The van der Waals surface area contributed by atoms with Gasteiger partial charge >= 0.3 is 0 Å². The maximum absolute atomic E-state index is 13.8. The summed E-state index contributed by atoms with van der Waals surface area (Å²) in [5.74, 6) is 0.364. The third kappa shape index (κ3) is 2.61. The first-order chi connectivity index (χ1) is 9.54. The van der Waals surface area contributed by atoms with Gasteiger partial charge < -0.3 is 10.6 Å². The summed E-state index contributed by atoms with van der Waals surface area (Å²) in [7, 11) is 0. The second-order valence-electron chi connectivity index (χ2n) is 5.93. The maximum atomic E-state index is 13.8. The molecule has 1 saturated heterocycles. The number of hydrogen-bond donors (Lipinski definition) is 1. The minimum atomic E-state index is -0.454. The van der Waals surface area contributed by atoms with Crippen molar-refractivity contribution in [2.75, 3.05) is 13.1 Å². The zero-order chi connectivity index (χ0) is 14.3. The average molecular weight is 341 g/mol. The average Bonchev–Trinajstić information content (AvgIpc) is 2.83. The van der Waals surface area contributed by atoms with Gasteiger partial charge in [-0.25, -0.2) is 4.39 Å². The Labute approximate surface area is 126 Å². The van der Waals surface area contributed by atoms with Gasteiger partial charge in [0.15, 0.2) is 0 Å². The first-order valence-electron chi connectivity index (χ1n) is 7.04. The van der Waals surface area contributed by atoms with Crippen LogP contribution >= 0.6 is 15.9 Å². The number of carbonyl (C=O) groups excluding carboxylic acids is 1. The summed E-state index contributed by atoms with van der Waals surface area (Å²) in [5, 5.41) is 0. The lowest BCUT2D eigenvalue weighted by atomic mass is 9.79. The molecular weight excluding hydrogens is 323 g/mol. The van der Waals surface area contributed by atoms with Crippen LogP contribution in [-0.2, 0) is 0 Å². The van der Waals surface area contributed by atoms with Crippen LogP contribution in [0.5, 0.6) is 0 Å². The molecule has 1 aromatic rings. The Hall–Kier alpha value is -0.940. The molecule has 2 N–H and O–H groups in total. The number of amides is 1. The fourth-order valence-electron chi connectivity index (χ4n) is 3.47. The number of likely N-dealkylation sites (tertiary alicyclic amines) is 1. The van der Waals surface area contributed by atoms with Crippen molar-refractivity contribution in [2.45, 2.75) is 25.3 Å². The maximum Gasteiger partial charge on any atom is 0.256 e. The summed E-state index contributed by atoms with van der Waals surface area (Å²) in [6, 6.07) is 4.75. The van der Waals surface area contributed by atoms with Gasteiger partial charge in [-0.2, -0.15) is 0 Å². The lowest BCUT2D eigenvalue weighted by molar-refractivity contribution is 0.0779. The van der Waals surface area contributed by atoms with Gasteiger partial charge in [0, 0.05) is 23.6 Å². The summed E-state index contributed by atoms with van der Waals surface area (Å²) in [6.45, 7) is 1.45. The molecule has 1 unspecified atom stereocenters. The second kappa shape index (κ2) is 5.45.